The van der Waals surface area contributed by atoms with Crippen LogP contribution in [-0.2, 0) is 4.79 Å². The van der Waals surface area contributed by atoms with Gasteiger partial charge in [0.25, 0.3) is 0 Å². The van der Waals surface area contributed by atoms with E-state index in [0.29, 0.717) is 0 Å². The second-order valence-corrected chi connectivity index (χ2v) is 6.69. The lowest BCUT2D eigenvalue weighted by Gasteiger charge is -2.28. The molecule has 1 aliphatic rings. The molecule has 2 N–H and O–H groups in total. The molecule has 20 heavy (non-hydrogen) atoms. The van der Waals surface area contributed by atoms with Gasteiger partial charge in [-0.1, -0.05) is 52.9 Å². The van der Waals surface area contributed by atoms with E-state index < -0.39 is 0 Å². The average Bonchev–Trinajstić information content (AvgIpc) is 2.45. The minimum absolute atomic E-state index is 0.0506. The molecule has 0 bridgehead atoms. The van der Waals surface area contributed by atoms with E-state index in [0.717, 1.165) is 37.8 Å². The summed E-state index contributed by atoms with van der Waals surface area (Å²) in [5, 5.41) is 6.44. The Labute approximate surface area is 125 Å². The average molecular weight is 282 g/mol. The summed E-state index contributed by atoms with van der Waals surface area (Å²) in [4.78, 5) is 12.1. The van der Waals surface area contributed by atoms with Crippen molar-refractivity contribution in [3.8, 4) is 0 Å². The third kappa shape index (κ3) is 7.28. The SMILES string of the molecule is CCC1CCNC(C(=O)NCCCCCCC(C)C)C1. The summed E-state index contributed by atoms with van der Waals surface area (Å²) in [7, 11) is 0. The van der Waals surface area contributed by atoms with Crippen LogP contribution in [0.15, 0.2) is 0 Å². The van der Waals surface area contributed by atoms with E-state index in [-0.39, 0.29) is 11.9 Å². The van der Waals surface area contributed by atoms with Crippen LogP contribution in [0, 0.1) is 11.8 Å². The third-order valence-electron chi connectivity index (χ3n) is 4.41. The van der Waals surface area contributed by atoms with E-state index in [1.807, 2.05) is 0 Å². The number of amides is 1. The number of carbonyl (C=O) groups is 1. The molecule has 1 saturated heterocycles. The predicted octanol–water partition coefficient (Wildman–Crippen LogP) is 3.49. The van der Waals surface area contributed by atoms with E-state index in [4.69, 9.17) is 0 Å². The summed E-state index contributed by atoms with van der Waals surface area (Å²) in [5.74, 6) is 1.76. The zero-order chi connectivity index (χ0) is 14.8. The highest BCUT2D eigenvalue weighted by Gasteiger charge is 2.25. The Morgan fingerprint density at radius 2 is 2.00 bits per heavy atom. The number of unbranched alkanes of at least 4 members (excludes halogenated alkanes) is 3. The van der Waals surface area contributed by atoms with Crippen LogP contribution in [0.1, 0.15) is 72.1 Å². The topological polar surface area (TPSA) is 41.1 Å². The van der Waals surface area contributed by atoms with Gasteiger partial charge in [0.15, 0.2) is 0 Å². The second kappa shape index (κ2) is 10.2. The van der Waals surface area contributed by atoms with E-state index in [2.05, 4.69) is 31.4 Å². The first kappa shape index (κ1) is 17.5. The highest BCUT2D eigenvalue weighted by atomic mass is 16.2. The maximum atomic E-state index is 12.1. The van der Waals surface area contributed by atoms with Crippen LogP contribution in [0.2, 0.25) is 0 Å². The van der Waals surface area contributed by atoms with Crippen molar-refractivity contribution >= 4 is 5.91 Å². The molecule has 0 radical (unpaired) electrons. The van der Waals surface area contributed by atoms with Gasteiger partial charge in [-0.15, -0.1) is 0 Å². The molecule has 2 atom stereocenters. The van der Waals surface area contributed by atoms with Gasteiger partial charge in [0.05, 0.1) is 6.04 Å². The first-order valence-corrected chi connectivity index (χ1v) is 8.64. The number of carbonyl (C=O) groups excluding carboxylic acids is 1. The molecule has 118 valence electrons. The lowest BCUT2D eigenvalue weighted by molar-refractivity contribution is -0.124. The molecule has 0 aromatic rings. The fraction of sp³-hybridized carbons (Fsp3) is 0.941. The van der Waals surface area contributed by atoms with E-state index in [1.54, 1.807) is 0 Å². The smallest absolute Gasteiger partial charge is 0.237 e. The Morgan fingerprint density at radius 1 is 1.25 bits per heavy atom. The summed E-state index contributed by atoms with van der Waals surface area (Å²) in [6, 6.07) is 0.0506. The third-order valence-corrected chi connectivity index (χ3v) is 4.41. The van der Waals surface area contributed by atoms with Crippen molar-refractivity contribution in [3.63, 3.8) is 0 Å². The van der Waals surface area contributed by atoms with E-state index >= 15 is 0 Å². The zero-order valence-electron chi connectivity index (χ0n) is 13.7. The molecule has 2 unspecified atom stereocenters. The maximum absolute atomic E-state index is 12.1. The van der Waals surface area contributed by atoms with Crippen LogP contribution in [0.5, 0.6) is 0 Å². The highest BCUT2D eigenvalue weighted by Crippen LogP contribution is 2.19. The largest absolute Gasteiger partial charge is 0.355 e. The molecule has 3 heteroatoms. The molecule has 1 rings (SSSR count). The van der Waals surface area contributed by atoms with Crippen LogP contribution < -0.4 is 10.6 Å². The van der Waals surface area contributed by atoms with Crippen molar-refractivity contribution in [2.24, 2.45) is 11.8 Å². The number of nitrogens with one attached hydrogen (secondary N) is 2. The Morgan fingerprint density at radius 3 is 2.70 bits per heavy atom. The van der Waals surface area contributed by atoms with Crippen molar-refractivity contribution < 1.29 is 4.79 Å². The summed E-state index contributed by atoms with van der Waals surface area (Å²) >= 11 is 0. The summed E-state index contributed by atoms with van der Waals surface area (Å²) in [6.45, 7) is 8.62. The van der Waals surface area contributed by atoms with E-state index in [1.165, 1.54) is 38.5 Å². The quantitative estimate of drug-likeness (QED) is 0.636. The van der Waals surface area contributed by atoms with Gasteiger partial charge in [-0.2, -0.15) is 0 Å². The molecule has 1 fully saturated rings. The van der Waals surface area contributed by atoms with Crippen molar-refractivity contribution in [1.29, 1.82) is 0 Å². The highest BCUT2D eigenvalue weighted by molar-refractivity contribution is 5.81. The molecule has 0 aromatic heterocycles. The first-order valence-electron chi connectivity index (χ1n) is 8.64. The molecule has 0 aromatic carbocycles. The van der Waals surface area contributed by atoms with E-state index in [9.17, 15) is 4.79 Å². The molecule has 1 amide bonds. The molecular formula is C17H34N2O. The Kier molecular flexibility index (Phi) is 8.92. The standard InChI is InChI=1S/C17H34N2O/c1-4-15-10-12-18-16(13-15)17(20)19-11-8-6-5-7-9-14(2)3/h14-16,18H,4-13H2,1-3H3,(H,19,20). The van der Waals surface area contributed by atoms with Gasteiger partial charge in [-0.05, 0) is 37.6 Å². The number of hydrogen-bond donors (Lipinski definition) is 2. The van der Waals surface area contributed by atoms with Crippen molar-refractivity contribution in [2.75, 3.05) is 13.1 Å². The Balaban J connectivity index is 2.02. The van der Waals surface area contributed by atoms with Crippen LogP contribution in [0.4, 0.5) is 0 Å². The lowest BCUT2D eigenvalue weighted by atomic mass is 9.90. The minimum Gasteiger partial charge on any atom is -0.355 e. The zero-order valence-corrected chi connectivity index (χ0v) is 13.7. The van der Waals surface area contributed by atoms with Gasteiger partial charge in [0.1, 0.15) is 0 Å². The van der Waals surface area contributed by atoms with Gasteiger partial charge in [-0.3, -0.25) is 4.79 Å². The normalized spacial score (nSPS) is 23.0. The van der Waals surface area contributed by atoms with Gasteiger partial charge >= 0.3 is 0 Å². The number of hydrogen-bond acceptors (Lipinski definition) is 2. The Hall–Kier alpha value is -0.570. The second-order valence-electron chi connectivity index (χ2n) is 6.69. The molecular weight excluding hydrogens is 248 g/mol. The van der Waals surface area contributed by atoms with Crippen molar-refractivity contribution in [2.45, 2.75) is 78.2 Å². The molecule has 1 heterocycles. The molecule has 1 aliphatic heterocycles. The van der Waals surface area contributed by atoms with Gasteiger partial charge < -0.3 is 10.6 Å². The predicted molar refractivity (Wildman–Crippen MR) is 85.7 cm³/mol. The lowest BCUT2D eigenvalue weighted by Crippen LogP contribution is -2.48. The van der Waals surface area contributed by atoms with Gasteiger partial charge in [-0.25, -0.2) is 0 Å². The number of piperidine rings is 1. The maximum Gasteiger partial charge on any atom is 0.237 e. The fourth-order valence-electron chi connectivity index (χ4n) is 2.93. The molecule has 0 spiro atoms. The monoisotopic (exact) mass is 282 g/mol. The molecule has 3 nitrogen and oxygen atoms in total. The first-order chi connectivity index (χ1) is 9.63. The molecule has 0 aliphatic carbocycles. The van der Waals surface area contributed by atoms with Crippen LogP contribution in [-0.4, -0.2) is 25.0 Å². The van der Waals surface area contributed by atoms with Crippen molar-refractivity contribution in [3.05, 3.63) is 0 Å². The van der Waals surface area contributed by atoms with Gasteiger partial charge in [0.2, 0.25) is 5.91 Å². The molecule has 0 saturated carbocycles. The fourth-order valence-corrected chi connectivity index (χ4v) is 2.93. The van der Waals surface area contributed by atoms with Crippen LogP contribution >= 0.6 is 0 Å². The summed E-state index contributed by atoms with van der Waals surface area (Å²) in [6.07, 6.45) is 9.74. The van der Waals surface area contributed by atoms with Crippen LogP contribution in [0.3, 0.4) is 0 Å². The Bertz CT molecular complexity index is 266. The minimum atomic E-state index is 0.0506. The van der Waals surface area contributed by atoms with Crippen molar-refractivity contribution in [1.82, 2.24) is 10.6 Å². The van der Waals surface area contributed by atoms with Gasteiger partial charge in [0, 0.05) is 6.54 Å². The summed E-state index contributed by atoms with van der Waals surface area (Å²) in [5.41, 5.74) is 0. The number of rotatable bonds is 9. The summed E-state index contributed by atoms with van der Waals surface area (Å²) < 4.78 is 0. The van der Waals surface area contributed by atoms with Crippen LogP contribution in [0.25, 0.3) is 0 Å².